The molecule has 0 atom stereocenters. The van der Waals surface area contributed by atoms with Gasteiger partial charge in [-0.3, -0.25) is 0 Å². The van der Waals surface area contributed by atoms with Crippen LogP contribution in [0.3, 0.4) is 0 Å². The van der Waals surface area contributed by atoms with E-state index in [1.807, 2.05) is 13.0 Å². The molecule has 13 heavy (non-hydrogen) atoms. The lowest BCUT2D eigenvalue weighted by molar-refractivity contribution is 0.517. The van der Waals surface area contributed by atoms with Gasteiger partial charge in [-0.2, -0.15) is 4.37 Å². The van der Waals surface area contributed by atoms with Gasteiger partial charge in [0.25, 0.3) is 0 Å². The van der Waals surface area contributed by atoms with E-state index in [4.69, 9.17) is 16.0 Å². The first-order valence-corrected chi connectivity index (χ1v) is 5.02. The molecule has 0 fully saturated rings. The monoisotopic (exact) mass is 214 g/mol. The number of aromatic nitrogens is 2. The van der Waals surface area contributed by atoms with E-state index < -0.39 is 0 Å². The molecular formula is C8H7ClN2OS. The van der Waals surface area contributed by atoms with Crippen LogP contribution in [-0.2, 0) is 6.42 Å². The highest BCUT2D eigenvalue weighted by Gasteiger charge is 2.11. The van der Waals surface area contributed by atoms with Crippen LogP contribution in [0.4, 0.5) is 0 Å². The third-order valence-electron chi connectivity index (χ3n) is 1.70. The van der Waals surface area contributed by atoms with Gasteiger partial charge in [0.15, 0.2) is 0 Å². The minimum absolute atomic E-state index is 0.295. The Balaban J connectivity index is 2.45. The fourth-order valence-corrected chi connectivity index (χ4v) is 1.97. The molecule has 0 bridgehead atoms. The molecule has 0 spiro atoms. The highest BCUT2D eigenvalue weighted by molar-refractivity contribution is 7.09. The summed E-state index contributed by atoms with van der Waals surface area (Å²) in [6.07, 6.45) is 2.50. The Labute approximate surface area is 84.5 Å². The van der Waals surface area contributed by atoms with E-state index in [9.17, 15) is 0 Å². The van der Waals surface area contributed by atoms with Crippen molar-refractivity contribution < 1.29 is 4.42 Å². The molecule has 0 aliphatic rings. The maximum absolute atomic E-state index is 5.63. The van der Waals surface area contributed by atoms with Gasteiger partial charge in [0.1, 0.15) is 10.8 Å². The lowest BCUT2D eigenvalue weighted by Crippen LogP contribution is -1.79. The zero-order chi connectivity index (χ0) is 9.26. The fourth-order valence-electron chi connectivity index (χ4n) is 1.12. The molecule has 2 heterocycles. The highest BCUT2D eigenvalue weighted by Crippen LogP contribution is 2.27. The van der Waals surface area contributed by atoms with E-state index in [-0.39, 0.29) is 0 Å². The van der Waals surface area contributed by atoms with E-state index in [2.05, 4.69) is 9.36 Å². The molecule has 0 N–H and O–H groups in total. The summed E-state index contributed by atoms with van der Waals surface area (Å²) < 4.78 is 9.18. The molecular weight excluding hydrogens is 208 g/mol. The fraction of sp³-hybridized carbons (Fsp3) is 0.250. The SMILES string of the molecule is CCc1occc1-c1nc(Cl)ns1. The van der Waals surface area contributed by atoms with Gasteiger partial charge in [-0.25, -0.2) is 4.98 Å². The molecule has 0 aliphatic heterocycles. The van der Waals surface area contributed by atoms with Gasteiger partial charge in [-0.05, 0) is 29.2 Å². The largest absolute Gasteiger partial charge is 0.469 e. The number of halogens is 1. The summed E-state index contributed by atoms with van der Waals surface area (Å²) in [5, 5.41) is 1.11. The molecule has 0 saturated heterocycles. The molecule has 2 rings (SSSR count). The van der Waals surface area contributed by atoms with Crippen molar-refractivity contribution in [1.29, 1.82) is 0 Å². The second-order valence-electron chi connectivity index (χ2n) is 2.48. The molecule has 0 amide bonds. The molecule has 0 saturated carbocycles. The maximum atomic E-state index is 5.63. The number of furan rings is 1. The van der Waals surface area contributed by atoms with E-state index >= 15 is 0 Å². The lowest BCUT2D eigenvalue weighted by atomic mass is 10.2. The number of hydrogen-bond acceptors (Lipinski definition) is 4. The first-order valence-electron chi connectivity index (χ1n) is 3.87. The van der Waals surface area contributed by atoms with Gasteiger partial charge in [0.05, 0.1) is 11.8 Å². The van der Waals surface area contributed by atoms with Gasteiger partial charge < -0.3 is 4.42 Å². The molecule has 2 aromatic rings. The number of nitrogens with zero attached hydrogens (tertiary/aromatic N) is 2. The van der Waals surface area contributed by atoms with Crippen LogP contribution < -0.4 is 0 Å². The average molecular weight is 215 g/mol. The Morgan fingerprint density at radius 1 is 1.62 bits per heavy atom. The summed E-state index contributed by atoms with van der Waals surface area (Å²) >= 11 is 6.91. The molecule has 2 aromatic heterocycles. The summed E-state index contributed by atoms with van der Waals surface area (Å²) in [6.45, 7) is 2.03. The molecule has 3 nitrogen and oxygen atoms in total. The third-order valence-corrected chi connectivity index (χ3v) is 2.72. The number of hydrogen-bond donors (Lipinski definition) is 0. The highest BCUT2D eigenvalue weighted by atomic mass is 35.5. The second-order valence-corrected chi connectivity index (χ2v) is 3.57. The number of aryl methyl sites for hydroxylation is 1. The Bertz CT molecular complexity index is 410. The predicted octanol–water partition coefficient (Wildman–Crippen LogP) is 3.01. The zero-order valence-electron chi connectivity index (χ0n) is 6.95. The van der Waals surface area contributed by atoms with Crippen LogP contribution in [0.2, 0.25) is 5.28 Å². The van der Waals surface area contributed by atoms with Gasteiger partial charge in [-0.15, -0.1) is 0 Å². The Morgan fingerprint density at radius 2 is 2.46 bits per heavy atom. The topological polar surface area (TPSA) is 38.9 Å². The zero-order valence-corrected chi connectivity index (χ0v) is 8.52. The van der Waals surface area contributed by atoms with Crippen molar-refractivity contribution in [2.24, 2.45) is 0 Å². The average Bonchev–Trinajstić information content (AvgIpc) is 2.71. The van der Waals surface area contributed by atoms with Crippen LogP contribution in [0.15, 0.2) is 16.7 Å². The van der Waals surface area contributed by atoms with Gasteiger partial charge in [0, 0.05) is 6.42 Å². The Morgan fingerprint density at radius 3 is 3.08 bits per heavy atom. The van der Waals surface area contributed by atoms with Crippen molar-refractivity contribution in [2.45, 2.75) is 13.3 Å². The summed E-state index contributed by atoms with van der Waals surface area (Å²) in [5.74, 6) is 0.924. The predicted molar refractivity (Wildman–Crippen MR) is 52.0 cm³/mol. The van der Waals surface area contributed by atoms with Crippen molar-refractivity contribution >= 4 is 23.1 Å². The normalized spacial score (nSPS) is 10.6. The van der Waals surface area contributed by atoms with E-state index in [0.717, 1.165) is 22.8 Å². The molecule has 0 aliphatic carbocycles. The number of rotatable bonds is 2. The minimum atomic E-state index is 0.295. The summed E-state index contributed by atoms with van der Waals surface area (Å²) in [5.41, 5.74) is 0.993. The Kier molecular flexibility index (Phi) is 2.33. The summed E-state index contributed by atoms with van der Waals surface area (Å²) in [6, 6.07) is 1.88. The van der Waals surface area contributed by atoms with Crippen LogP contribution in [0.1, 0.15) is 12.7 Å². The molecule has 5 heteroatoms. The summed E-state index contributed by atoms with van der Waals surface area (Å²) in [7, 11) is 0. The smallest absolute Gasteiger partial charge is 0.234 e. The summed E-state index contributed by atoms with van der Waals surface area (Å²) in [4.78, 5) is 4.07. The molecule has 0 unspecified atom stereocenters. The van der Waals surface area contributed by atoms with Crippen molar-refractivity contribution in [3.8, 4) is 10.6 Å². The van der Waals surface area contributed by atoms with E-state index in [0.29, 0.717) is 5.28 Å². The van der Waals surface area contributed by atoms with Crippen molar-refractivity contribution in [1.82, 2.24) is 9.36 Å². The molecule has 0 radical (unpaired) electrons. The maximum Gasteiger partial charge on any atom is 0.234 e. The Hall–Kier alpha value is -0.870. The van der Waals surface area contributed by atoms with Gasteiger partial charge in [-0.1, -0.05) is 6.92 Å². The van der Waals surface area contributed by atoms with E-state index in [1.54, 1.807) is 6.26 Å². The standard InChI is InChI=1S/C8H7ClN2OS/c1-2-6-5(3-4-12-6)7-10-8(9)11-13-7/h3-4H,2H2,1H3. The van der Waals surface area contributed by atoms with Crippen LogP contribution in [0.25, 0.3) is 10.6 Å². The molecule has 68 valence electrons. The first-order chi connectivity index (χ1) is 6.31. The van der Waals surface area contributed by atoms with E-state index in [1.165, 1.54) is 11.5 Å². The third kappa shape index (κ3) is 1.59. The lowest BCUT2D eigenvalue weighted by Gasteiger charge is -1.92. The van der Waals surface area contributed by atoms with Crippen LogP contribution in [0.5, 0.6) is 0 Å². The van der Waals surface area contributed by atoms with Crippen molar-refractivity contribution in [3.05, 3.63) is 23.4 Å². The quantitative estimate of drug-likeness (QED) is 0.772. The first kappa shape index (κ1) is 8.72. The van der Waals surface area contributed by atoms with Crippen LogP contribution >= 0.6 is 23.1 Å². The van der Waals surface area contributed by atoms with Crippen molar-refractivity contribution in [2.75, 3.05) is 0 Å². The minimum Gasteiger partial charge on any atom is -0.469 e. The van der Waals surface area contributed by atoms with Crippen LogP contribution in [0, 0.1) is 0 Å². The van der Waals surface area contributed by atoms with Crippen LogP contribution in [-0.4, -0.2) is 9.36 Å². The van der Waals surface area contributed by atoms with Crippen molar-refractivity contribution in [3.63, 3.8) is 0 Å². The second kappa shape index (κ2) is 3.47. The molecule has 0 aromatic carbocycles. The van der Waals surface area contributed by atoms with Gasteiger partial charge in [0.2, 0.25) is 5.28 Å². The van der Waals surface area contributed by atoms with Gasteiger partial charge >= 0.3 is 0 Å².